The van der Waals surface area contributed by atoms with Crippen molar-refractivity contribution in [1.82, 2.24) is 19.5 Å². The molecule has 0 atom stereocenters. The first-order valence-corrected chi connectivity index (χ1v) is 11.9. The van der Waals surface area contributed by atoms with Crippen molar-refractivity contribution in [1.29, 1.82) is 0 Å². The van der Waals surface area contributed by atoms with Crippen LogP contribution >= 0.6 is 0 Å². The van der Waals surface area contributed by atoms with Crippen LogP contribution < -0.4 is 4.98 Å². The number of hydrogen-bond acceptors (Lipinski definition) is 2. The molecule has 0 aliphatic rings. The fourth-order valence-corrected chi connectivity index (χ4v) is 4.60. The van der Waals surface area contributed by atoms with Gasteiger partial charge in [0, 0.05) is 23.0 Å². The second-order valence-corrected chi connectivity index (χ2v) is 10.0. The molecule has 0 aliphatic heterocycles. The van der Waals surface area contributed by atoms with E-state index in [1.165, 1.54) is 10.9 Å². The van der Waals surface area contributed by atoms with Gasteiger partial charge < -0.3 is 9.55 Å². The molecule has 0 N–H and O–H groups in total. The minimum absolute atomic E-state index is 0. The molecule has 0 spiro atoms. The summed E-state index contributed by atoms with van der Waals surface area (Å²) in [4.78, 5) is 14.4. The van der Waals surface area contributed by atoms with E-state index in [1.807, 2.05) is 43.3 Å². The summed E-state index contributed by atoms with van der Waals surface area (Å²) >= 11 is 0. The van der Waals surface area contributed by atoms with Gasteiger partial charge in [-0.25, -0.2) is 0 Å². The van der Waals surface area contributed by atoms with Gasteiger partial charge in [-0.15, -0.1) is 24.3 Å². The smallest absolute Gasteiger partial charge is 0.440 e. The largest absolute Gasteiger partial charge is 2.00 e. The van der Waals surface area contributed by atoms with E-state index < -0.39 is 0 Å². The van der Waals surface area contributed by atoms with Gasteiger partial charge in [0.1, 0.15) is 0 Å². The van der Waals surface area contributed by atoms with Gasteiger partial charge in [0.05, 0.1) is 5.65 Å². The number of benzene rings is 2. The monoisotopic (exact) mass is 649 g/mol. The van der Waals surface area contributed by atoms with E-state index in [0.29, 0.717) is 0 Å². The summed E-state index contributed by atoms with van der Waals surface area (Å²) in [6.45, 7) is 8.76. The van der Waals surface area contributed by atoms with Crippen LogP contribution in [0.2, 0.25) is 0 Å². The average Bonchev–Trinajstić information content (AvgIpc) is 3.43. The molecule has 180 valence electrons. The number of aromatic nitrogens is 4. The zero-order valence-corrected chi connectivity index (χ0v) is 23.0. The summed E-state index contributed by atoms with van der Waals surface area (Å²) in [5, 5.41) is 2.31. The van der Waals surface area contributed by atoms with Gasteiger partial charge in [0.2, 0.25) is 0 Å². The minimum Gasteiger partial charge on any atom is -0.440 e. The molecule has 0 amide bonds. The van der Waals surface area contributed by atoms with Crippen LogP contribution in [0.25, 0.3) is 50.3 Å². The van der Waals surface area contributed by atoms with E-state index in [-0.39, 0.29) is 26.5 Å². The summed E-state index contributed by atoms with van der Waals surface area (Å²) in [6.07, 6.45) is 1.80. The molecule has 5 heteroatoms. The number of nitrogens with zero attached hydrogens (tertiary/aromatic N) is 4. The SMILES string of the molecule is Cc1ccc(-n2c3ccc(C(C)(C)C)cc3c3ccc(-c4[c-]c(-c5ccccn5)ccc4)nc32)[n-]1.[Pt+2]. The van der Waals surface area contributed by atoms with E-state index in [0.717, 1.165) is 50.6 Å². The Kier molecular flexibility index (Phi) is 6.18. The summed E-state index contributed by atoms with van der Waals surface area (Å²) in [6, 6.07) is 30.7. The van der Waals surface area contributed by atoms with Crippen molar-refractivity contribution in [2.75, 3.05) is 0 Å². The Morgan fingerprint density at radius 2 is 1.61 bits per heavy atom. The maximum absolute atomic E-state index is 5.17. The van der Waals surface area contributed by atoms with E-state index in [2.05, 4.69) is 78.9 Å². The molecule has 0 unspecified atom stereocenters. The number of pyridine rings is 2. The van der Waals surface area contributed by atoms with Crippen LogP contribution in [-0.2, 0) is 26.5 Å². The third-order valence-corrected chi connectivity index (χ3v) is 6.49. The first kappa shape index (κ1) is 24.2. The molecule has 0 fully saturated rings. The molecule has 0 aliphatic carbocycles. The zero-order valence-electron chi connectivity index (χ0n) is 20.7. The van der Waals surface area contributed by atoms with E-state index in [4.69, 9.17) is 9.97 Å². The van der Waals surface area contributed by atoms with Gasteiger partial charge >= 0.3 is 21.1 Å². The topological polar surface area (TPSA) is 44.8 Å². The van der Waals surface area contributed by atoms with Crippen LogP contribution in [0.3, 0.4) is 0 Å². The predicted molar refractivity (Wildman–Crippen MR) is 143 cm³/mol. The third-order valence-electron chi connectivity index (χ3n) is 6.49. The number of rotatable bonds is 3. The van der Waals surface area contributed by atoms with Crippen molar-refractivity contribution in [3.63, 3.8) is 0 Å². The first-order valence-electron chi connectivity index (χ1n) is 11.9. The molecular formula is C31H26N4Pt. The molecule has 0 bridgehead atoms. The van der Waals surface area contributed by atoms with Crippen LogP contribution in [0.15, 0.2) is 85.1 Å². The Bertz CT molecular complexity index is 1690. The van der Waals surface area contributed by atoms with Gasteiger partial charge in [-0.1, -0.05) is 98.0 Å². The van der Waals surface area contributed by atoms with Crippen LogP contribution in [0.4, 0.5) is 0 Å². The van der Waals surface area contributed by atoms with E-state index in [1.54, 1.807) is 6.20 Å². The molecule has 0 radical (unpaired) electrons. The molecule has 2 aromatic carbocycles. The molecule has 6 aromatic rings. The van der Waals surface area contributed by atoms with E-state index in [9.17, 15) is 0 Å². The molecule has 0 saturated heterocycles. The van der Waals surface area contributed by atoms with Crippen LogP contribution in [0.5, 0.6) is 0 Å². The minimum atomic E-state index is 0. The Morgan fingerprint density at radius 3 is 2.31 bits per heavy atom. The van der Waals surface area contributed by atoms with Gasteiger partial charge in [-0.3, -0.25) is 9.97 Å². The third kappa shape index (κ3) is 4.20. The average molecular weight is 650 g/mol. The summed E-state index contributed by atoms with van der Waals surface area (Å²) in [5.41, 5.74) is 8.04. The molecule has 0 saturated carbocycles. The van der Waals surface area contributed by atoms with Gasteiger partial charge in [-0.2, -0.15) is 0 Å². The van der Waals surface area contributed by atoms with Crippen molar-refractivity contribution in [2.45, 2.75) is 33.1 Å². The van der Waals surface area contributed by atoms with Crippen LogP contribution in [0.1, 0.15) is 32.0 Å². The maximum Gasteiger partial charge on any atom is 2.00 e. The van der Waals surface area contributed by atoms with Crippen molar-refractivity contribution >= 4 is 21.9 Å². The Balaban J connectivity index is 0.00000267. The van der Waals surface area contributed by atoms with Crippen molar-refractivity contribution < 1.29 is 21.1 Å². The molecule has 4 heterocycles. The number of aryl methyl sites for hydroxylation is 1. The van der Waals surface area contributed by atoms with Crippen molar-refractivity contribution in [3.8, 4) is 28.3 Å². The quantitative estimate of drug-likeness (QED) is 0.190. The maximum atomic E-state index is 5.17. The normalized spacial score (nSPS) is 11.7. The Labute approximate surface area is 225 Å². The second kappa shape index (κ2) is 9.18. The predicted octanol–water partition coefficient (Wildman–Crippen LogP) is 7.27. The molecule has 6 rings (SSSR count). The second-order valence-electron chi connectivity index (χ2n) is 10.0. The van der Waals surface area contributed by atoms with Gasteiger partial charge in [0.15, 0.2) is 0 Å². The molecule has 36 heavy (non-hydrogen) atoms. The Hall–Kier alpha value is -3.49. The fraction of sp³-hybridized carbons (Fsp3) is 0.161. The van der Waals surface area contributed by atoms with E-state index >= 15 is 0 Å². The standard InChI is InChI=1S/C31H26N4.Pt/c1-20-11-16-29(33-20)35-28-15-12-23(31(2,3)4)19-25(28)24-13-14-27(34-30(24)35)22-9-7-8-21(18-22)26-10-5-6-17-32-26;/h5-17,19H,1-4H3;/q-2;+2. The molecule has 4 aromatic heterocycles. The van der Waals surface area contributed by atoms with Gasteiger partial charge in [0.25, 0.3) is 0 Å². The number of hydrogen-bond donors (Lipinski definition) is 0. The molecular weight excluding hydrogens is 623 g/mol. The molecule has 4 nitrogen and oxygen atoms in total. The van der Waals surface area contributed by atoms with Crippen LogP contribution in [0, 0.1) is 13.0 Å². The fourth-order valence-electron chi connectivity index (χ4n) is 4.60. The zero-order chi connectivity index (χ0) is 24.2. The van der Waals surface area contributed by atoms with Crippen LogP contribution in [-0.4, -0.2) is 14.5 Å². The van der Waals surface area contributed by atoms with Crippen molar-refractivity contribution in [3.05, 3.63) is 102 Å². The van der Waals surface area contributed by atoms with Crippen molar-refractivity contribution in [2.24, 2.45) is 0 Å². The first-order chi connectivity index (χ1) is 16.9. The summed E-state index contributed by atoms with van der Waals surface area (Å²) < 4.78 is 2.18. The summed E-state index contributed by atoms with van der Waals surface area (Å²) in [5.74, 6) is 0.891. The van der Waals surface area contributed by atoms with Gasteiger partial charge in [-0.05, 0) is 34.9 Å². The Morgan fingerprint density at radius 1 is 0.806 bits per heavy atom. The number of fused-ring (bicyclic) bond motifs is 3. The summed E-state index contributed by atoms with van der Waals surface area (Å²) in [7, 11) is 0.